The summed E-state index contributed by atoms with van der Waals surface area (Å²) in [6.45, 7) is 2.22. The Bertz CT molecular complexity index is 175. The summed E-state index contributed by atoms with van der Waals surface area (Å²) in [4.78, 5) is 0. The van der Waals surface area contributed by atoms with Crippen molar-refractivity contribution in [2.75, 3.05) is 6.61 Å². The molecule has 1 heterocycles. The van der Waals surface area contributed by atoms with E-state index in [0.29, 0.717) is 6.61 Å². The van der Waals surface area contributed by atoms with E-state index in [0.717, 1.165) is 6.42 Å². The minimum Gasteiger partial charge on any atom is -0.387 e. The fourth-order valence-electron chi connectivity index (χ4n) is 1.20. The van der Waals surface area contributed by atoms with Gasteiger partial charge in [-0.05, 0) is 6.42 Å². The molecule has 0 spiro atoms. The van der Waals surface area contributed by atoms with E-state index in [1.165, 1.54) is 0 Å². The zero-order valence-corrected chi connectivity index (χ0v) is 7.91. The van der Waals surface area contributed by atoms with Gasteiger partial charge in [0.05, 0.1) is 0 Å². The van der Waals surface area contributed by atoms with Crippen molar-refractivity contribution in [1.29, 1.82) is 0 Å². The summed E-state index contributed by atoms with van der Waals surface area (Å²) in [5.41, 5.74) is 0. The maximum atomic E-state index is 9.38. The van der Waals surface area contributed by atoms with Crippen LogP contribution in [0, 0.1) is 0 Å². The van der Waals surface area contributed by atoms with Crippen LogP contribution in [0.3, 0.4) is 0 Å². The summed E-state index contributed by atoms with van der Waals surface area (Å²) >= 11 is 0. The van der Waals surface area contributed by atoms with Gasteiger partial charge >= 0.3 is 0 Å². The fraction of sp³-hybridized carbons (Fsp3) is 1.00. The predicted molar refractivity (Wildman–Crippen MR) is 45.1 cm³/mol. The third-order valence-corrected chi connectivity index (χ3v) is 2.03. The average Bonchev–Trinajstić information content (AvgIpc) is 2.18. The molecule has 0 bridgehead atoms. The first-order valence-corrected chi connectivity index (χ1v) is 4.57. The zero-order chi connectivity index (χ0) is 10.7. The number of aliphatic hydroxyl groups excluding tert-OH is 4. The molecule has 1 aliphatic heterocycles. The molecule has 84 valence electrons. The second-order valence-corrected chi connectivity index (χ2v) is 3.24. The van der Waals surface area contributed by atoms with E-state index in [1.54, 1.807) is 0 Å². The third-order valence-electron chi connectivity index (χ3n) is 2.03. The highest BCUT2D eigenvalue weighted by atomic mass is 16.7. The smallest absolute Gasteiger partial charge is 0.189 e. The molecule has 0 aromatic rings. The monoisotopic (exact) mass is 208 g/mol. The van der Waals surface area contributed by atoms with Crippen molar-refractivity contribution >= 4 is 0 Å². The van der Waals surface area contributed by atoms with E-state index < -0.39 is 30.9 Å². The Balaban J connectivity index is 2.52. The normalized spacial score (nSPS) is 43.9. The van der Waals surface area contributed by atoms with Gasteiger partial charge in [-0.25, -0.2) is 0 Å². The van der Waals surface area contributed by atoms with Crippen LogP contribution in [0.25, 0.3) is 0 Å². The first kappa shape index (κ1) is 11.8. The molecule has 0 amide bonds. The highest BCUT2D eigenvalue weighted by molar-refractivity contribution is 4.84. The van der Waals surface area contributed by atoms with Crippen LogP contribution >= 0.6 is 0 Å². The molecule has 6 heteroatoms. The molecule has 6 nitrogen and oxygen atoms in total. The molecular weight excluding hydrogens is 192 g/mol. The Morgan fingerprint density at radius 2 is 1.71 bits per heavy atom. The first-order chi connectivity index (χ1) is 6.57. The molecule has 0 aromatic carbocycles. The van der Waals surface area contributed by atoms with Crippen LogP contribution in [0.15, 0.2) is 0 Å². The van der Waals surface area contributed by atoms with Crippen LogP contribution < -0.4 is 0 Å². The molecule has 1 fully saturated rings. The van der Waals surface area contributed by atoms with E-state index in [1.807, 2.05) is 6.92 Å². The lowest BCUT2D eigenvalue weighted by Gasteiger charge is -2.37. The van der Waals surface area contributed by atoms with Gasteiger partial charge < -0.3 is 29.9 Å². The summed E-state index contributed by atoms with van der Waals surface area (Å²) < 4.78 is 9.79. The number of hydrogen-bond acceptors (Lipinski definition) is 6. The Labute approximate surface area is 81.7 Å². The summed E-state index contributed by atoms with van der Waals surface area (Å²) in [7, 11) is 0. The van der Waals surface area contributed by atoms with Gasteiger partial charge in [-0.2, -0.15) is 0 Å². The minimum absolute atomic E-state index is 0.345. The third kappa shape index (κ3) is 2.41. The predicted octanol–water partition coefficient (Wildman–Crippen LogP) is -1.83. The summed E-state index contributed by atoms with van der Waals surface area (Å²) in [6.07, 6.45) is -6.22. The molecule has 0 aliphatic carbocycles. The first-order valence-electron chi connectivity index (χ1n) is 4.57. The highest BCUT2D eigenvalue weighted by Crippen LogP contribution is 2.20. The van der Waals surface area contributed by atoms with Gasteiger partial charge in [0.25, 0.3) is 0 Å². The Kier molecular flexibility index (Phi) is 4.24. The maximum absolute atomic E-state index is 9.38. The maximum Gasteiger partial charge on any atom is 0.189 e. The average molecular weight is 208 g/mol. The number of ether oxygens (including phenoxy) is 2. The minimum atomic E-state index is -1.53. The molecule has 0 aromatic heterocycles. The highest BCUT2D eigenvalue weighted by Gasteiger charge is 2.43. The standard InChI is InChI=1S/C8H16O6/c1-2-3-13-8-6(11)4(9)5(10)7(12)14-8/h4-12H,2-3H2,1H3/t4-,5-,6+,7-,8?/m0/s1. The Hall–Kier alpha value is -0.240. The van der Waals surface area contributed by atoms with Crippen LogP contribution in [0.1, 0.15) is 13.3 Å². The second kappa shape index (κ2) is 5.01. The second-order valence-electron chi connectivity index (χ2n) is 3.24. The van der Waals surface area contributed by atoms with Crippen LogP contribution in [-0.4, -0.2) is 57.9 Å². The van der Waals surface area contributed by atoms with E-state index in [2.05, 4.69) is 0 Å². The molecule has 0 saturated carbocycles. The molecule has 5 atom stereocenters. The molecule has 1 saturated heterocycles. The number of aliphatic hydroxyl groups is 4. The van der Waals surface area contributed by atoms with Gasteiger partial charge in [0.1, 0.15) is 18.3 Å². The lowest BCUT2D eigenvalue weighted by atomic mass is 10.0. The van der Waals surface area contributed by atoms with E-state index in [9.17, 15) is 10.2 Å². The van der Waals surface area contributed by atoms with Crippen molar-refractivity contribution in [2.24, 2.45) is 0 Å². The van der Waals surface area contributed by atoms with Crippen molar-refractivity contribution in [3.63, 3.8) is 0 Å². The van der Waals surface area contributed by atoms with Gasteiger partial charge in [0, 0.05) is 6.61 Å². The summed E-state index contributed by atoms with van der Waals surface area (Å²) in [5, 5.41) is 36.9. The number of rotatable bonds is 3. The van der Waals surface area contributed by atoms with Gasteiger partial charge in [-0.1, -0.05) is 6.92 Å². The Morgan fingerprint density at radius 3 is 2.29 bits per heavy atom. The Morgan fingerprint density at radius 1 is 1.07 bits per heavy atom. The van der Waals surface area contributed by atoms with E-state index in [4.69, 9.17) is 19.7 Å². The zero-order valence-electron chi connectivity index (χ0n) is 7.91. The topological polar surface area (TPSA) is 99.4 Å². The lowest BCUT2D eigenvalue weighted by Crippen LogP contribution is -2.58. The fourth-order valence-corrected chi connectivity index (χ4v) is 1.20. The largest absolute Gasteiger partial charge is 0.387 e. The van der Waals surface area contributed by atoms with Crippen LogP contribution in [0.5, 0.6) is 0 Å². The van der Waals surface area contributed by atoms with Gasteiger partial charge in [-0.15, -0.1) is 0 Å². The molecule has 1 rings (SSSR count). The number of hydrogen-bond donors (Lipinski definition) is 4. The van der Waals surface area contributed by atoms with Gasteiger partial charge in [0.15, 0.2) is 12.6 Å². The van der Waals surface area contributed by atoms with E-state index >= 15 is 0 Å². The van der Waals surface area contributed by atoms with Crippen molar-refractivity contribution in [2.45, 2.75) is 44.2 Å². The van der Waals surface area contributed by atoms with Crippen molar-refractivity contribution in [1.82, 2.24) is 0 Å². The molecule has 1 aliphatic rings. The van der Waals surface area contributed by atoms with Gasteiger partial charge in [0.2, 0.25) is 0 Å². The van der Waals surface area contributed by atoms with Crippen LogP contribution in [-0.2, 0) is 9.47 Å². The van der Waals surface area contributed by atoms with Gasteiger partial charge in [-0.3, -0.25) is 0 Å². The quantitative estimate of drug-likeness (QED) is 0.435. The van der Waals surface area contributed by atoms with Crippen LogP contribution in [0.4, 0.5) is 0 Å². The molecule has 0 radical (unpaired) electrons. The van der Waals surface area contributed by atoms with Crippen molar-refractivity contribution in [3.05, 3.63) is 0 Å². The molecule has 4 N–H and O–H groups in total. The van der Waals surface area contributed by atoms with E-state index in [-0.39, 0.29) is 0 Å². The SMILES string of the molecule is CCCOC1O[C@H](O)[C@@H](O)[C@H](O)[C@H]1O. The molecular formula is C8H16O6. The van der Waals surface area contributed by atoms with Crippen molar-refractivity contribution in [3.8, 4) is 0 Å². The summed E-state index contributed by atoms with van der Waals surface area (Å²) in [5.74, 6) is 0. The lowest BCUT2D eigenvalue weighted by molar-refractivity contribution is -0.339. The van der Waals surface area contributed by atoms with Crippen LogP contribution in [0.2, 0.25) is 0 Å². The summed E-state index contributed by atoms with van der Waals surface area (Å²) in [6, 6.07) is 0. The van der Waals surface area contributed by atoms with Crippen molar-refractivity contribution < 1.29 is 29.9 Å². The molecule has 14 heavy (non-hydrogen) atoms. The molecule has 1 unspecified atom stereocenters.